The summed E-state index contributed by atoms with van der Waals surface area (Å²) < 4.78 is 12.9. The van der Waals surface area contributed by atoms with Crippen molar-refractivity contribution < 1.29 is 4.39 Å². The van der Waals surface area contributed by atoms with Crippen LogP contribution in [0, 0.1) is 5.82 Å². The summed E-state index contributed by atoms with van der Waals surface area (Å²) in [7, 11) is 0. The highest BCUT2D eigenvalue weighted by Crippen LogP contribution is 2.26. The van der Waals surface area contributed by atoms with E-state index in [0.717, 1.165) is 0 Å². The first-order valence-electron chi connectivity index (χ1n) is 4.45. The summed E-state index contributed by atoms with van der Waals surface area (Å²) in [5, 5.41) is 3.07. The van der Waals surface area contributed by atoms with Gasteiger partial charge >= 0.3 is 0 Å². The van der Waals surface area contributed by atoms with Crippen LogP contribution in [0.15, 0.2) is 30.6 Å². The number of hydrogen-bond donors (Lipinski definition) is 2. The van der Waals surface area contributed by atoms with E-state index in [-0.39, 0.29) is 16.7 Å². The summed E-state index contributed by atoms with van der Waals surface area (Å²) in [6.45, 7) is 0. The van der Waals surface area contributed by atoms with Gasteiger partial charge in [0.1, 0.15) is 23.0 Å². The molecule has 0 aliphatic carbocycles. The Kier molecular flexibility index (Phi) is 2.87. The first kappa shape index (κ1) is 10.6. The van der Waals surface area contributed by atoms with Crippen molar-refractivity contribution in [1.82, 2.24) is 9.97 Å². The van der Waals surface area contributed by atoms with E-state index >= 15 is 0 Å². The van der Waals surface area contributed by atoms with Crippen LogP contribution in [-0.4, -0.2) is 9.97 Å². The smallest absolute Gasteiger partial charge is 0.154 e. The second-order valence-corrected chi connectivity index (χ2v) is 3.43. The highest BCUT2D eigenvalue weighted by Gasteiger charge is 2.06. The molecule has 0 amide bonds. The third-order valence-corrected chi connectivity index (χ3v) is 2.28. The van der Waals surface area contributed by atoms with Crippen LogP contribution in [0.2, 0.25) is 5.02 Å². The molecule has 82 valence electrons. The number of aromatic nitrogens is 2. The molecule has 0 spiro atoms. The highest BCUT2D eigenvalue weighted by molar-refractivity contribution is 6.35. The van der Waals surface area contributed by atoms with Gasteiger partial charge in [-0.05, 0) is 18.2 Å². The molecular formula is C10H8ClFN4. The number of rotatable bonds is 2. The van der Waals surface area contributed by atoms with Crippen LogP contribution in [0.3, 0.4) is 0 Å². The first-order chi connectivity index (χ1) is 7.66. The summed E-state index contributed by atoms with van der Waals surface area (Å²) in [6, 6.07) is 5.95. The van der Waals surface area contributed by atoms with Crippen LogP contribution in [-0.2, 0) is 0 Å². The minimum absolute atomic E-state index is 0.176. The fourth-order valence-electron chi connectivity index (χ4n) is 1.17. The third kappa shape index (κ3) is 2.20. The van der Waals surface area contributed by atoms with Crippen LogP contribution in [0.4, 0.5) is 21.7 Å². The van der Waals surface area contributed by atoms with E-state index < -0.39 is 0 Å². The lowest BCUT2D eigenvalue weighted by atomic mass is 10.3. The highest BCUT2D eigenvalue weighted by atomic mass is 35.5. The van der Waals surface area contributed by atoms with Crippen molar-refractivity contribution in [3.05, 3.63) is 41.4 Å². The number of nitrogens with one attached hydrogen (secondary N) is 1. The number of nitrogens with zero attached hydrogens (tertiary/aromatic N) is 2. The number of halogens is 2. The maximum atomic E-state index is 12.9. The molecule has 0 atom stereocenters. The number of benzene rings is 1. The fourth-order valence-corrected chi connectivity index (χ4v) is 1.32. The van der Waals surface area contributed by atoms with E-state index in [1.54, 1.807) is 12.1 Å². The number of nitrogen functional groups attached to an aromatic ring is 1. The maximum Gasteiger partial charge on any atom is 0.154 e. The molecule has 0 unspecified atom stereocenters. The molecule has 0 fully saturated rings. The SMILES string of the molecule is Nc1ncnc(Nc2cccc(F)c2)c1Cl. The number of nitrogens with two attached hydrogens (primary N) is 1. The summed E-state index contributed by atoms with van der Waals surface area (Å²) in [6.07, 6.45) is 1.28. The number of hydrogen-bond acceptors (Lipinski definition) is 4. The maximum absolute atomic E-state index is 12.9. The minimum atomic E-state index is -0.344. The molecule has 2 rings (SSSR count). The average Bonchev–Trinajstić information content (AvgIpc) is 2.25. The minimum Gasteiger partial charge on any atom is -0.382 e. The molecule has 0 aliphatic heterocycles. The van der Waals surface area contributed by atoms with Gasteiger partial charge in [-0.15, -0.1) is 0 Å². The van der Waals surface area contributed by atoms with Crippen LogP contribution in [0.5, 0.6) is 0 Å². The predicted octanol–water partition coefficient (Wildman–Crippen LogP) is 2.59. The van der Waals surface area contributed by atoms with Crippen molar-refractivity contribution in [3.8, 4) is 0 Å². The van der Waals surface area contributed by atoms with Gasteiger partial charge < -0.3 is 11.1 Å². The van der Waals surface area contributed by atoms with Gasteiger partial charge in [-0.1, -0.05) is 17.7 Å². The van der Waals surface area contributed by atoms with E-state index in [2.05, 4.69) is 15.3 Å². The molecule has 1 aromatic heterocycles. The molecule has 1 aromatic carbocycles. The van der Waals surface area contributed by atoms with Crippen molar-refractivity contribution >= 4 is 28.9 Å². The lowest BCUT2D eigenvalue weighted by Gasteiger charge is -2.07. The monoisotopic (exact) mass is 238 g/mol. The van der Waals surface area contributed by atoms with Crippen LogP contribution in [0.1, 0.15) is 0 Å². The standard InChI is InChI=1S/C10H8ClFN4/c11-8-9(13)14-5-15-10(8)16-7-3-1-2-6(12)4-7/h1-5H,(H3,13,14,15,16). The zero-order valence-corrected chi connectivity index (χ0v) is 8.87. The van der Waals surface area contributed by atoms with E-state index in [9.17, 15) is 4.39 Å². The Morgan fingerprint density at radius 1 is 1.31 bits per heavy atom. The first-order valence-corrected chi connectivity index (χ1v) is 4.83. The summed E-state index contributed by atoms with van der Waals surface area (Å²) in [5.74, 6) is 0.179. The lowest BCUT2D eigenvalue weighted by Crippen LogP contribution is -1.99. The Balaban J connectivity index is 2.31. The van der Waals surface area contributed by atoms with Crippen molar-refractivity contribution in [2.45, 2.75) is 0 Å². The van der Waals surface area contributed by atoms with Crippen molar-refractivity contribution in [2.24, 2.45) is 0 Å². The Hall–Kier alpha value is -1.88. The Bertz CT molecular complexity index is 518. The van der Waals surface area contributed by atoms with Crippen LogP contribution in [0.25, 0.3) is 0 Å². The zero-order valence-electron chi connectivity index (χ0n) is 8.11. The fraction of sp³-hybridized carbons (Fsp3) is 0. The second kappa shape index (κ2) is 4.32. The van der Waals surface area contributed by atoms with Gasteiger partial charge in [0.15, 0.2) is 5.82 Å². The third-order valence-electron chi connectivity index (χ3n) is 1.90. The molecule has 3 N–H and O–H groups in total. The summed E-state index contributed by atoms with van der Waals surface area (Å²) in [5.41, 5.74) is 6.05. The van der Waals surface area contributed by atoms with Gasteiger partial charge in [-0.2, -0.15) is 0 Å². The van der Waals surface area contributed by atoms with Crippen LogP contribution >= 0.6 is 11.6 Å². The van der Waals surface area contributed by atoms with Gasteiger partial charge in [-0.25, -0.2) is 14.4 Å². The van der Waals surface area contributed by atoms with Gasteiger partial charge in [0.2, 0.25) is 0 Å². The van der Waals surface area contributed by atoms with E-state index in [0.29, 0.717) is 11.5 Å². The topological polar surface area (TPSA) is 63.8 Å². The lowest BCUT2D eigenvalue weighted by molar-refractivity contribution is 0.628. The normalized spacial score (nSPS) is 10.1. The van der Waals surface area contributed by atoms with E-state index in [4.69, 9.17) is 17.3 Å². The summed E-state index contributed by atoms with van der Waals surface area (Å²) in [4.78, 5) is 7.63. The Morgan fingerprint density at radius 2 is 2.12 bits per heavy atom. The number of anilines is 3. The molecule has 0 aliphatic rings. The zero-order chi connectivity index (χ0) is 11.5. The Morgan fingerprint density at radius 3 is 2.88 bits per heavy atom. The molecule has 0 saturated carbocycles. The molecule has 16 heavy (non-hydrogen) atoms. The summed E-state index contributed by atoms with van der Waals surface area (Å²) >= 11 is 5.88. The van der Waals surface area contributed by atoms with Gasteiger partial charge in [0.05, 0.1) is 0 Å². The van der Waals surface area contributed by atoms with Crippen LogP contribution < -0.4 is 11.1 Å². The van der Waals surface area contributed by atoms with Crippen molar-refractivity contribution in [2.75, 3.05) is 11.1 Å². The molecule has 6 heteroatoms. The molecular weight excluding hydrogens is 231 g/mol. The van der Waals surface area contributed by atoms with Crippen molar-refractivity contribution in [1.29, 1.82) is 0 Å². The molecule has 0 bridgehead atoms. The molecule has 0 saturated heterocycles. The van der Waals surface area contributed by atoms with Gasteiger partial charge in [-0.3, -0.25) is 0 Å². The largest absolute Gasteiger partial charge is 0.382 e. The van der Waals surface area contributed by atoms with E-state index in [1.165, 1.54) is 18.5 Å². The second-order valence-electron chi connectivity index (χ2n) is 3.06. The molecule has 1 heterocycles. The van der Waals surface area contributed by atoms with Gasteiger partial charge in [0.25, 0.3) is 0 Å². The predicted molar refractivity (Wildman–Crippen MR) is 61.1 cm³/mol. The van der Waals surface area contributed by atoms with Gasteiger partial charge in [0, 0.05) is 5.69 Å². The average molecular weight is 239 g/mol. The van der Waals surface area contributed by atoms with E-state index in [1.807, 2.05) is 0 Å². The molecule has 2 aromatic rings. The van der Waals surface area contributed by atoms with Crippen molar-refractivity contribution in [3.63, 3.8) is 0 Å². The molecule has 4 nitrogen and oxygen atoms in total. The molecule has 0 radical (unpaired) electrons. The quantitative estimate of drug-likeness (QED) is 0.844. The Labute approximate surface area is 96.3 Å².